The molecule has 0 saturated heterocycles. The second-order valence-corrected chi connectivity index (χ2v) is 6.55. The highest BCUT2D eigenvalue weighted by Crippen LogP contribution is 2.27. The van der Waals surface area contributed by atoms with Crippen molar-refractivity contribution in [1.29, 1.82) is 0 Å². The topological polar surface area (TPSA) is 67.4 Å². The van der Waals surface area contributed by atoms with Crippen LogP contribution in [-0.4, -0.2) is 25.5 Å². The van der Waals surface area contributed by atoms with Crippen molar-refractivity contribution in [3.8, 4) is 16.9 Å². The van der Waals surface area contributed by atoms with Gasteiger partial charge in [0.05, 0.1) is 7.11 Å². The van der Waals surface area contributed by atoms with Crippen molar-refractivity contribution in [2.75, 3.05) is 19.0 Å². The number of amides is 2. The van der Waals surface area contributed by atoms with E-state index in [1.54, 1.807) is 31.4 Å². The lowest BCUT2D eigenvalue weighted by Gasteiger charge is -2.11. The van der Waals surface area contributed by atoms with Gasteiger partial charge in [0.15, 0.2) is 0 Å². The van der Waals surface area contributed by atoms with Gasteiger partial charge < -0.3 is 15.4 Å². The smallest absolute Gasteiger partial charge is 0.251 e. The van der Waals surface area contributed by atoms with Gasteiger partial charge in [-0.05, 0) is 42.3 Å². The molecule has 0 unspecified atom stereocenters. The van der Waals surface area contributed by atoms with Crippen LogP contribution in [0.3, 0.4) is 0 Å². The lowest BCUT2D eigenvalue weighted by molar-refractivity contribution is -0.116. The number of para-hydroxylation sites is 1. The molecule has 0 aliphatic heterocycles. The second-order valence-electron chi connectivity index (χ2n) is 6.55. The molecule has 0 spiro atoms. The molecule has 0 heterocycles. The summed E-state index contributed by atoms with van der Waals surface area (Å²) in [6, 6.07) is 24.6. The van der Waals surface area contributed by atoms with E-state index in [1.807, 2.05) is 54.6 Å². The number of hydrogen-bond acceptors (Lipinski definition) is 3. The molecule has 0 fully saturated rings. The molecule has 0 aliphatic carbocycles. The summed E-state index contributed by atoms with van der Waals surface area (Å²) in [7, 11) is 1.58. The Morgan fingerprint density at radius 1 is 0.862 bits per heavy atom. The number of rotatable bonds is 8. The molecule has 5 heteroatoms. The summed E-state index contributed by atoms with van der Waals surface area (Å²) < 4.78 is 5.08. The summed E-state index contributed by atoms with van der Waals surface area (Å²) in [5.74, 6) is 0.462. The zero-order valence-electron chi connectivity index (χ0n) is 16.4. The molecule has 0 radical (unpaired) electrons. The Labute approximate surface area is 170 Å². The molecular formula is C24H24N2O3. The molecule has 0 aromatic heterocycles. The summed E-state index contributed by atoms with van der Waals surface area (Å²) in [4.78, 5) is 24.5. The molecule has 0 bridgehead atoms. The van der Waals surface area contributed by atoms with E-state index >= 15 is 0 Å². The third-order valence-corrected chi connectivity index (χ3v) is 4.50. The Hall–Kier alpha value is -3.60. The van der Waals surface area contributed by atoms with Crippen molar-refractivity contribution in [3.63, 3.8) is 0 Å². The van der Waals surface area contributed by atoms with Gasteiger partial charge in [0, 0.05) is 29.8 Å². The number of anilines is 1. The van der Waals surface area contributed by atoms with Gasteiger partial charge in [-0.2, -0.15) is 0 Å². The van der Waals surface area contributed by atoms with Crippen LogP contribution in [0.4, 0.5) is 5.69 Å². The quantitative estimate of drug-likeness (QED) is 0.558. The van der Waals surface area contributed by atoms with Gasteiger partial charge in [-0.15, -0.1) is 0 Å². The van der Waals surface area contributed by atoms with E-state index in [4.69, 9.17) is 4.74 Å². The van der Waals surface area contributed by atoms with Crippen LogP contribution in [0.1, 0.15) is 23.2 Å². The van der Waals surface area contributed by atoms with Gasteiger partial charge in [0.2, 0.25) is 5.91 Å². The number of benzene rings is 3. The van der Waals surface area contributed by atoms with Crippen LogP contribution >= 0.6 is 0 Å². The first-order chi connectivity index (χ1) is 14.2. The van der Waals surface area contributed by atoms with Crippen LogP contribution in [0.15, 0.2) is 78.9 Å². The number of carbonyl (C=O) groups is 2. The van der Waals surface area contributed by atoms with Gasteiger partial charge in [0.25, 0.3) is 5.91 Å². The number of hydrogen-bond donors (Lipinski definition) is 2. The fraction of sp³-hybridized carbons (Fsp3) is 0.167. The molecule has 3 aromatic carbocycles. The van der Waals surface area contributed by atoms with Gasteiger partial charge in [-0.1, -0.05) is 48.5 Å². The van der Waals surface area contributed by atoms with Crippen molar-refractivity contribution in [1.82, 2.24) is 5.32 Å². The van der Waals surface area contributed by atoms with Gasteiger partial charge in [-0.25, -0.2) is 0 Å². The molecule has 2 amide bonds. The zero-order chi connectivity index (χ0) is 20.5. The standard InChI is InChI=1S/C24H24N2O3/c1-29-20-15-13-19(14-16-20)24(28)25-17-7-12-23(27)26-22-11-6-5-10-21(22)18-8-3-2-4-9-18/h2-6,8-11,13-16H,7,12,17H2,1H3,(H,25,28)(H,26,27). The van der Waals surface area contributed by atoms with Gasteiger partial charge in [-0.3, -0.25) is 9.59 Å². The molecule has 0 atom stereocenters. The first-order valence-electron chi connectivity index (χ1n) is 9.54. The number of methoxy groups -OCH3 is 1. The van der Waals surface area contributed by atoms with Crippen molar-refractivity contribution in [2.24, 2.45) is 0 Å². The maximum Gasteiger partial charge on any atom is 0.251 e. The molecule has 5 nitrogen and oxygen atoms in total. The van der Waals surface area contributed by atoms with Crippen LogP contribution < -0.4 is 15.4 Å². The van der Waals surface area contributed by atoms with E-state index in [0.29, 0.717) is 30.7 Å². The molecule has 148 valence electrons. The minimum atomic E-state index is -0.164. The Morgan fingerprint density at radius 3 is 2.28 bits per heavy atom. The SMILES string of the molecule is COc1ccc(C(=O)NCCCC(=O)Nc2ccccc2-c2ccccc2)cc1. The Bertz CT molecular complexity index is 953. The molecule has 0 saturated carbocycles. The largest absolute Gasteiger partial charge is 0.497 e. The molecule has 3 aromatic rings. The molecule has 2 N–H and O–H groups in total. The zero-order valence-corrected chi connectivity index (χ0v) is 16.4. The number of nitrogens with one attached hydrogen (secondary N) is 2. The van der Waals surface area contributed by atoms with Gasteiger partial charge >= 0.3 is 0 Å². The molecule has 29 heavy (non-hydrogen) atoms. The molecule has 3 rings (SSSR count). The van der Waals surface area contributed by atoms with E-state index in [1.165, 1.54) is 0 Å². The van der Waals surface area contributed by atoms with E-state index in [0.717, 1.165) is 16.8 Å². The average Bonchev–Trinajstić information content (AvgIpc) is 2.77. The Morgan fingerprint density at radius 2 is 1.55 bits per heavy atom. The minimum absolute atomic E-state index is 0.0768. The van der Waals surface area contributed by atoms with Crippen LogP contribution in [0.2, 0.25) is 0 Å². The predicted octanol–water partition coefficient (Wildman–Crippen LogP) is 4.51. The van der Waals surface area contributed by atoms with Crippen molar-refractivity contribution in [2.45, 2.75) is 12.8 Å². The maximum atomic E-state index is 12.3. The van der Waals surface area contributed by atoms with Crippen molar-refractivity contribution < 1.29 is 14.3 Å². The minimum Gasteiger partial charge on any atom is -0.497 e. The monoisotopic (exact) mass is 388 g/mol. The molecule has 0 aliphatic rings. The highest BCUT2D eigenvalue weighted by molar-refractivity contribution is 5.96. The third kappa shape index (κ3) is 5.69. The summed E-state index contributed by atoms with van der Waals surface area (Å²) >= 11 is 0. The van der Waals surface area contributed by atoms with E-state index in [-0.39, 0.29) is 11.8 Å². The maximum absolute atomic E-state index is 12.3. The highest BCUT2D eigenvalue weighted by atomic mass is 16.5. The van der Waals surface area contributed by atoms with Gasteiger partial charge in [0.1, 0.15) is 5.75 Å². The van der Waals surface area contributed by atoms with Crippen LogP contribution in [0.5, 0.6) is 5.75 Å². The van der Waals surface area contributed by atoms with Crippen molar-refractivity contribution in [3.05, 3.63) is 84.4 Å². The van der Waals surface area contributed by atoms with Crippen LogP contribution in [-0.2, 0) is 4.79 Å². The summed E-state index contributed by atoms with van der Waals surface area (Å²) in [5.41, 5.74) is 3.38. The van der Waals surface area contributed by atoms with E-state index in [2.05, 4.69) is 10.6 Å². The van der Waals surface area contributed by atoms with Crippen molar-refractivity contribution >= 4 is 17.5 Å². The normalized spacial score (nSPS) is 10.2. The second kappa shape index (κ2) is 10.1. The fourth-order valence-electron chi connectivity index (χ4n) is 2.97. The average molecular weight is 388 g/mol. The summed E-state index contributed by atoms with van der Waals surface area (Å²) in [6.45, 7) is 0.429. The third-order valence-electron chi connectivity index (χ3n) is 4.50. The number of ether oxygens (including phenoxy) is 1. The lowest BCUT2D eigenvalue weighted by Crippen LogP contribution is -2.25. The highest BCUT2D eigenvalue weighted by Gasteiger charge is 2.09. The lowest BCUT2D eigenvalue weighted by atomic mass is 10.0. The van der Waals surface area contributed by atoms with Crippen LogP contribution in [0.25, 0.3) is 11.1 Å². The summed E-state index contributed by atoms with van der Waals surface area (Å²) in [6.07, 6.45) is 0.882. The number of carbonyl (C=O) groups excluding carboxylic acids is 2. The predicted molar refractivity (Wildman–Crippen MR) is 115 cm³/mol. The first-order valence-corrected chi connectivity index (χ1v) is 9.54. The van der Waals surface area contributed by atoms with E-state index in [9.17, 15) is 9.59 Å². The van der Waals surface area contributed by atoms with Crippen LogP contribution in [0, 0.1) is 0 Å². The van der Waals surface area contributed by atoms with E-state index < -0.39 is 0 Å². The Balaban J connectivity index is 1.48. The summed E-state index contributed by atoms with van der Waals surface area (Å²) in [5, 5.41) is 5.81. The first kappa shape index (κ1) is 20.1. The Kier molecular flexibility index (Phi) is 7.00. The fourth-order valence-corrected chi connectivity index (χ4v) is 2.97. The molecular weight excluding hydrogens is 364 g/mol.